The second kappa shape index (κ2) is 8.05. The number of primary amides is 1. The summed E-state index contributed by atoms with van der Waals surface area (Å²) in [6.07, 6.45) is 0.807. The Labute approximate surface area is 120 Å². The van der Waals surface area contributed by atoms with E-state index in [0.717, 1.165) is 12.0 Å². The average Bonchev–Trinajstić information content (AvgIpc) is 2.46. The van der Waals surface area contributed by atoms with Gasteiger partial charge in [0.25, 0.3) is 0 Å². The van der Waals surface area contributed by atoms with Gasteiger partial charge in [-0.15, -0.1) is 5.01 Å². The van der Waals surface area contributed by atoms with Crippen molar-refractivity contribution >= 4 is 11.7 Å². The highest BCUT2D eigenvalue weighted by Crippen LogP contribution is 2.20. The Hall–Kier alpha value is -2.35. The molecule has 0 spiro atoms. The molecule has 0 saturated heterocycles. The zero-order valence-corrected chi connectivity index (χ0v) is 11.6. The summed E-state index contributed by atoms with van der Waals surface area (Å²) in [5.74, 6) is 0.545. The third kappa shape index (κ3) is 5.27. The second-order valence-electron chi connectivity index (χ2n) is 4.14. The predicted molar refractivity (Wildman–Crippen MR) is 72.3 cm³/mol. The van der Waals surface area contributed by atoms with Gasteiger partial charge in [-0.1, -0.05) is 18.7 Å². The minimum absolute atomic E-state index is 0.188. The molecular formula is C13H17F2N4O2+. The van der Waals surface area contributed by atoms with E-state index in [0.29, 0.717) is 17.4 Å². The Morgan fingerprint density at radius 3 is 2.57 bits per heavy atom. The monoisotopic (exact) mass is 299 g/mol. The van der Waals surface area contributed by atoms with Crippen molar-refractivity contribution in [2.45, 2.75) is 19.9 Å². The summed E-state index contributed by atoms with van der Waals surface area (Å²) in [5.41, 5.74) is 8.05. The molecule has 1 rings (SSSR count). The first kappa shape index (κ1) is 16.7. The molecule has 0 aliphatic rings. The molecule has 3 N–H and O–H groups in total. The van der Waals surface area contributed by atoms with Crippen molar-refractivity contribution in [3.05, 3.63) is 36.4 Å². The lowest BCUT2D eigenvalue weighted by molar-refractivity contribution is -0.651. The number of amides is 2. The van der Waals surface area contributed by atoms with Crippen LogP contribution in [0.5, 0.6) is 5.75 Å². The largest absolute Gasteiger partial charge is 0.489 e. The highest BCUT2D eigenvalue weighted by Gasteiger charge is 2.23. The molecule has 0 aliphatic heterocycles. The number of carbonyl (C=O) groups is 1. The molecule has 0 aromatic heterocycles. The van der Waals surface area contributed by atoms with Crippen LogP contribution in [-0.4, -0.2) is 19.2 Å². The molecule has 0 atom stereocenters. The number of quaternary nitrogens is 1. The molecule has 114 valence electrons. The van der Waals surface area contributed by atoms with Gasteiger partial charge < -0.3 is 4.74 Å². The van der Waals surface area contributed by atoms with E-state index < -0.39 is 12.6 Å². The van der Waals surface area contributed by atoms with Gasteiger partial charge in [0.15, 0.2) is 0 Å². The highest BCUT2D eigenvalue weighted by atomic mass is 19.3. The van der Waals surface area contributed by atoms with Crippen LogP contribution < -0.4 is 15.1 Å². The smallest absolute Gasteiger partial charge is 0.446 e. The number of halogens is 2. The number of carbonyl (C=O) groups excluding carboxylic acids is 1. The van der Waals surface area contributed by atoms with Crippen LogP contribution in [0.1, 0.15) is 13.3 Å². The van der Waals surface area contributed by atoms with Crippen molar-refractivity contribution in [1.82, 2.24) is 0 Å². The fourth-order valence-corrected chi connectivity index (χ4v) is 1.38. The molecule has 1 aromatic rings. The van der Waals surface area contributed by atoms with Gasteiger partial charge in [-0.2, -0.15) is 14.3 Å². The first-order chi connectivity index (χ1) is 9.97. The molecule has 0 bridgehead atoms. The SMILES string of the molecule is C=C(CC)COc1ccc(N(N=N)C(=O)[NH2+]C(F)F)cc1. The van der Waals surface area contributed by atoms with E-state index >= 15 is 0 Å². The maximum absolute atomic E-state index is 12.1. The standard InChI is InChI=1S/C13H16F2N4O2/c1-3-9(2)8-21-11-6-4-10(5-7-11)19(18-16)13(20)17-12(14)15/h4-7,12,16H,2-3,8H2,1H3,(H,17,20)/p+1. The van der Waals surface area contributed by atoms with Crippen molar-refractivity contribution in [2.24, 2.45) is 5.22 Å². The molecule has 6 nitrogen and oxygen atoms in total. The van der Waals surface area contributed by atoms with Crippen LogP contribution in [0.25, 0.3) is 0 Å². The Morgan fingerprint density at radius 2 is 2.10 bits per heavy atom. The van der Waals surface area contributed by atoms with E-state index in [9.17, 15) is 13.6 Å². The van der Waals surface area contributed by atoms with Gasteiger partial charge in [0.1, 0.15) is 12.4 Å². The molecule has 0 aliphatic carbocycles. The molecular weight excluding hydrogens is 282 g/mol. The fraction of sp³-hybridized carbons (Fsp3) is 0.308. The lowest BCUT2D eigenvalue weighted by Gasteiger charge is -2.13. The van der Waals surface area contributed by atoms with Crippen molar-refractivity contribution in [1.29, 1.82) is 5.53 Å². The Kier molecular flexibility index (Phi) is 6.41. The van der Waals surface area contributed by atoms with Crippen molar-refractivity contribution in [3.63, 3.8) is 0 Å². The lowest BCUT2D eigenvalue weighted by atomic mass is 10.2. The molecule has 2 amide bonds. The van der Waals surface area contributed by atoms with Crippen LogP contribution in [0.4, 0.5) is 19.3 Å². The molecule has 0 fully saturated rings. The number of nitrogens with zero attached hydrogens (tertiary/aromatic N) is 2. The number of anilines is 1. The van der Waals surface area contributed by atoms with E-state index in [2.05, 4.69) is 11.8 Å². The van der Waals surface area contributed by atoms with Gasteiger partial charge in [0.05, 0.1) is 5.69 Å². The molecule has 0 unspecified atom stereocenters. The van der Waals surface area contributed by atoms with E-state index in [4.69, 9.17) is 10.3 Å². The Morgan fingerprint density at radius 1 is 1.48 bits per heavy atom. The van der Waals surface area contributed by atoms with Crippen molar-refractivity contribution < 1.29 is 23.6 Å². The van der Waals surface area contributed by atoms with Gasteiger partial charge in [-0.3, -0.25) is 0 Å². The summed E-state index contributed by atoms with van der Waals surface area (Å²) >= 11 is 0. The Bertz CT molecular complexity index is 505. The van der Waals surface area contributed by atoms with E-state index in [1.54, 1.807) is 12.1 Å². The lowest BCUT2D eigenvalue weighted by Crippen LogP contribution is -2.93. The first-order valence-corrected chi connectivity index (χ1v) is 6.22. The number of nitrogens with one attached hydrogen (secondary N) is 1. The van der Waals surface area contributed by atoms with Crippen LogP contribution in [0.3, 0.4) is 0 Å². The average molecular weight is 299 g/mol. The van der Waals surface area contributed by atoms with Gasteiger partial charge in [-0.05, 0) is 36.3 Å². The molecule has 0 saturated carbocycles. The maximum Gasteiger partial charge on any atom is 0.446 e. The summed E-state index contributed by atoms with van der Waals surface area (Å²) in [7, 11) is 0. The van der Waals surface area contributed by atoms with E-state index in [1.807, 2.05) is 6.92 Å². The zero-order chi connectivity index (χ0) is 15.8. The summed E-state index contributed by atoms with van der Waals surface area (Å²) in [6.45, 7) is 3.25. The number of alkyl halides is 2. The number of nitrogens with two attached hydrogens (primary N) is 1. The second-order valence-corrected chi connectivity index (χ2v) is 4.14. The van der Waals surface area contributed by atoms with Crippen LogP contribution in [0.2, 0.25) is 0 Å². The number of rotatable bonds is 7. The predicted octanol–water partition coefficient (Wildman–Crippen LogP) is 2.69. The first-order valence-electron chi connectivity index (χ1n) is 6.22. The normalized spacial score (nSPS) is 10.3. The van der Waals surface area contributed by atoms with Crippen molar-refractivity contribution in [3.8, 4) is 5.75 Å². The van der Waals surface area contributed by atoms with Gasteiger partial charge in [0, 0.05) is 0 Å². The third-order valence-corrected chi connectivity index (χ3v) is 2.60. The van der Waals surface area contributed by atoms with Gasteiger partial charge >= 0.3 is 12.6 Å². The minimum Gasteiger partial charge on any atom is -0.489 e. The number of urea groups is 1. The van der Waals surface area contributed by atoms with E-state index in [-0.39, 0.29) is 11.0 Å². The summed E-state index contributed by atoms with van der Waals surface area (Å²) in [4.78, 5) is 11.5. The molecule has 8 heteroatoms. The van der Waals surface area contributed by atoms with Crippen LogP contribution in [-0.2, 0) is 0 Å². The maximum atomic E-state index is 12.1. The summed E-state index contributed by atoms with van der Waals surface area (Å²) < 4.78 is 29.7. The highest BCUT2D eigenvalue weighted by molar-refractivity contribution is 5.84. The Balaban J connectivity index is 2.73. The third-order valence-electron chi connectivity index (χ3n) is 2.60. The number of hydrogen-bond acceptors (Lipinski definition) is 4. The fourth-order valence-electron chi connectivity index (χ4n) is 1.38. The van der Waals surface area contributed by atoms with E-state index in [1.165, 1.54) is 12.1 Å². The van der Waals surface area contributed by atoms with Crippen LogP contribution >= 0.6 is 0 Å². The van der Waals surface area contributed by atoms with Gasteiger partial charge in [0.2, 0.25) is 0 Å². The molecule has 0 radical (unpaired) electrons. The summed E-state index contributed by atoms with van der Waals surface area (Å²) in [6, 6.07) is 4.98. The van der Waals surface area contributed by atoms with Crippen LogP contribution in [0, 0.1) is 5.53 Å². The summed E-state index contributed by atoms with van der Waals surface area (Å²) in [5, 5.41) is 3.70. The molecule has 1 aromatic carbocycles. The number of ether oxygens (including phenoxy) is 1. The van der Waals surface area contributed by atoms with Crippen LogP contribution in [0.15, 0.2) is 41.6 Å². The molecule has 21 heavy (non-hydrogen) atoms. The quantitative estimate of drug-likeness (QED) is 0.351. The van der Waals surface area contributed by atoms with Gasteiger partial charge in [-0.25, -0.2) is 10.1 Å². The topological polar surface area (TPSA) is 82.4 Å². The minimum atomic E-state index is -2.90. The number of hydrogen-bond donors (Lipinski definition) is 2. The zero-order valence-electron chi connectivity index (χ0n) is 11.6. The van der Waals surface area contributed by atoms with Crippen molar-refractivity contribution in [2.75, 3.05) is 11.6 Å². The number of benzene rings is 1. The molecule has 0 heterocycles.